The van der Waals surface area contributed by atoms with Crippen molar-refractivity contribution < 1.29 is 0 Å². The van der Waals surface area contributed by atoms with E-state index in [9.17, 15) is 0 Å². The number of rotatable bonds is 4. The Morgan fingerprint density at radius 3 is 3.32 bits per heavy atom. The fourth-order valence-electron chi connectivity index (χ4n) is 2.93. The lowest BCUT2D eigenvalue weighted by Gasteiger charge is -2.23. The van der Waals surface area contributed by atoms with Gasteiger partial charge in [-0.1, -0.05) is 6.07 Å². The van der Waals surface area contributed by atoms with Crippen molar-refractivity contribution in [2.45, 2.75) is 38.9 Å². The van der Waals surface area contributed by atoms with Crippen LogP contribution in [0.3, 0.4) is 0 Å². The van der Waals surface area contributed by atoms with Gasteiger partial charge in [-0.2, -0.15) is 10.2 Å². The monoisotopic (exact) mass is 314 g/mol. The van der Waals surface area contributed by atoms with Crippen molar-refractivity contribution >= 4 is 11.3 Å². The summed E-state index contributed by atoms with van der Waals surface area (Å²) in [4.78, 5) is 5.68. The Balaban J connectivity index is 1.43. The molecule has 0 aliphatic carbocycles. The quantitative estimate of drug-likeness (QED) is 0.774. The maximum absolute atomic E-state index is 4.45. The van der Waals surface area contributed by atoms with Gasteiger partial charge >= 0.3 is 0 Å². The summed E-state index contributed by atoms with van der Waals surface area (Å²) < 4.78 is 2.03. The smallest absolute Gasteiger partial charge is 0.147 e. The van der Waals surface area contributed by atoms with Crippen LogP contribution in [-0.2, 0) is 19.5 Å². The summed E-state index contributed by atoms with van der Waals surface area (Å²) in [5, 5.41) is 17.5. The van der Waals surface area contributed by atoms with Crippen LogP contribution in [0.5, 0.6) is 0 Å². The second-order valence-corrected chi connectivity index (χ2v) is 6.57. The second-order valence-electron chi connectivity index (χ2n) is 5.62. The molecule has 1 aliphatic rings. The third kappa shape index (κ3) is 2.57. The molecule has 7 heteroatoms. The van der Waals surface area contributed by atoms with Crippen LogP contribution in [0, 0.1) is 6.92 Å². The van der Waals surface area contributed by atoms with E-state index in [1.807, 2.05) is 17.8 Å². The molecule has 0 saturated carbocycles. The molecule has 1 aliphatic heterocycles. The first-order chi connectivity index (χ1) is 10.8. The first-order valence-corrected chi connectivity index (χ1v) is 8.37. The minimum absolute atomic E-state index is 0.430. The summed E-state index contributed by atoms with van der Waals surface area (Å²) in [6.45, 7) is 3.66. The highest BCUT2D eigenvalue weighted by atomic mass is 32.1. The largest absolute Gasteiger partial charge is 0.308 e. The van der Waals surface area contributed by atoms with Gasteiger partial charge in [0.2, 0.25) is 0 Å². The Kier molecular flexibility index (Phi) is 3.51. The van der Waals surface area contributed by atoms with E-state index in [1.165, 1.54) is 10.4 Å². The molecule has 4 heterocycles. The number of aryl methyl sites for hydroxylation is 2. The van der Waals surface area contributed by atoms with Crippen LogP contribution in [0.4, 0.5) is 0 Å². The summed E-state index contributed by atoms with van der Waals surface area (Å²) in [6, 6.07) is 4.61. The molecule has 6 nitrogen and oxygen atoms in total. The van der Waals surface area contributed by atoms with E-state index in [1.54, 1.807) is 11.3 Å². The van der Waals surface area contributed by atoms with Crippen molar-refractivity contribution in [1.29, 1.82) is 0 Å². The molecule has 0 aromatic carbocycles. The Morgan fingerprint density at radius 1 is 1.50 bits per heavy atom. The zero-order valence-electron chi connectivity index (χ0n) is 12.4. The van der Waals surface area contributed by atoms with Gasteiger partial charge in [-0.15, -0.1) is 11.3 Å². The molecule has 1 atom stereocenters. The molecule has 114 valence electrons. The van der Waals surface area contributed by atoms with Gasteiger partial charge in [0.25, 0.3) is 0 Å². The van der Waals surface area contributed by atoms with Gasteiger partial charge in [0.05, 0.1) is 23.3 Å². The minimum Gasteiger partial charge on any atom is -0.308 e. The third-order valence-electron chi connectivity index (χ3n) is 4.03. The number of aromatic amines is 1. The Hall–Kier alpha value is -1.99. The molecule has 0 bridgehead atoms. The van der Waals surface area contributed by atoms with Gasteiger partial charge in [0.15, 0.2) is 0 Å². The van der Waals surface area contributed by atoms with E-state index in [4.69, 9.17) is 0 Å². The van der Waals surface area contributed by atoms with Crippen LogP contribution >= 0.6 is 11.3 Å². The summed E-state index contributed by atoms with van der Waals surface area (Å²) in [5.74, 6) is 1.98. The van der Waals surface area contributed by atoms with Gasteiger partial charge in [-0.25, -0.2) is 9.67 Å². The number of aromatic nitrogens is 5. The lowest BCUT2D eigenvalue weighted by Crippen LogP contribution is -2.37. The van der Waals surface area contributed by atoms with Gasteiger partial charge in [-0.3, -0.25) is 5.10 Å². The van der Waals surface area contributed by atoms with Crippen molar-refractivity contribution in [2.75, 3.05) is 0 Å². The average Bonchev–Trinajstić information content (AvgIpc) is 3.23. The van der Waals surface area contributed by atoms with Crippen molar-refractivity contribution in [3.8, 4) is 10.6 Å². The molecule has 2 N–H and O–H groups in total. The highest BCUT2D eigenvalue weighted by Gasteiger charge is 2.21. The number of nitrogens with zero attached hydrogens (tertiary/aromatic N) is 4. The van der Waals surface area contributed by atoms with E-state index in [0.717, 1.165) is 43.3 Å². The molecule has 0 unspecified atom stereocenters. The first-order valence-electron chi connectivity index (χ1n) is 7.49. The lowest BCUT2D eigenvalue weighted by atomic mass is 10.1. The molecular weight excluding hydrogens is 296 g/mol. The Labute approximate surface area is 132 Å². The summed E-state index contributed by atoms with van der Waals surface area (Å²) in [6.07, 6.45) is 4.00. The second kappa shape index (κ2) is 5.66. The Bertz CT molecular complexity index is 757. The van der Waals surface area contributed by atoms with Gasteiger partial charge in [0, 0.05) is 24.6 Å². The SMILES string of the molecule is Cc1nc2n(n1)C[C@@H](NCc1cn[nH]c1-c1cccs1)CC2. The van der Waals surface area contributed by atoms with E-state index in [0.29, 0.717) is 6.04 Å². The number of hydrogen-bond donors (Lipinski definition) is 2. The van der Waals surface area contributed by atoms with Crippen LogP contribution in [0.1, 0.15) is 23.6 Å². The van der Waals surface area contributed by atoms with Crippen LogP contribution in [0.2, 0.25) is 0 Å². The highest BCUT2D eigenvalue weighted by Crippen LogP contribution is 2.26. The van der Waals surface area contributed by atoms with Crippen LogP contribution in [0.25, 0.3) is 10.6 Å². The highest BCUT2D eigenvalue weighted by molar-refractivity contribution is 7.13. The standard InChI is InChI=1S/C15H18N6S/c1-10-18-14-5-4-12(9-21(14)20-10)16-7-11-8-17-19-15(11)13-3-2-6-22-13/h2-3,6,8,12,16H,4-5,7,9H2,1H3,(H,17,19)/t12-/m0/s1. The number of hydrogen-bond acceptors (Lipinski definition) is 5. The summed E-state index contributed by atoms with van der Waals surface area (Å²) in [7, 11) is 0. The van der Waals surface area contributed by atoms with Crippen molar-refractivity contribution in [3.05, 3.63) is 40.9 Å². The van der Waals surface area contributed by atoms with Crippen LogP contribution < -0.4 is 5.32 Å². The lowest BCUT2D eigenvalue weighted by molar-refractivity contribution is 0.358. The van der Waals surface area contributed by atoms with E-state index < -0.39 is 0 Å². The van der Waals surface area contributed by atoms with Gasteiger partial charge in [0.1, 0.15) is 11.6 Å². The molecule has 0 saturated heterocycles. The van der Waals surface area contributed by atoms with E-state index >= 15 is 0 Å². The minimum atomic E-state index is 0.430. The maximum Gasteiger partial charge on any atom is 0.147 e. The van der Waals surface area contributed by atoms with Crippen molar-refractivity contribution in [2.24, 2.45) is 0 Å². The molecule has 3 aromatic rings. The molecule has 4 rings (SSSR count). The zero-order chi connectivity index (χ0) is 14.9. The topological polar surface area (TPSA) is 71.4 Å². The van der Waals surface area contributed by atoms with E-state index in [2.05, 4.69) is 43.1 Å². The zero-order valence-corrected chi connectivity index (χ0v) is 13.2. The number of nitrogens with one attached hydrogen (secondary N) is 2. The molecule has 0 fully saturated rings. The van der Waals surface area contributed by atoms with E-state index in [-0.39, 0.29) is 0 Å². The predicted octanol–water partition coefficient (Wildman–Crippen LogP) is 2.14. The third-order valence-corrected chi connectivity index (χ3v) is 4.92. The number of fused-ring (bicyclic) bond motifs is 1. The molecule has 3 aromatic heterocycles. The van der Waals surface area contributed by atoms with Gasteiger partial charge in [-0.05, 0) is 24.8 Å². The Morgan fingerprint density at radius 2 is 2.45 bits per heavy atom. The van der Waals surface area contributed by atoms with Crippen molar-refractivity contribution in [1.82, 2.24) is 30.3 Å². The average molecular weight is 314 g/mol. The predicted molar refractivity (Wildman–Crippen MR) is 85.6 cm³/mol. The van der Waals surface area contributed by atoms with Crippen molar-refractivity contribution in [3.63, 3.8) is 0 Å². The first kappa shape index (κ1) is 13.7. The van der Waals surface area contributed by atoms with Gasteiger partial charge < -0.3 is 5.32 Å². The summed E-state index contributed by atoms with van der Waals surface area (Å²) >= 11 is 1.73. The molecule has 0 radical (unpaired) electrons. The maximum atomic E-state index is 4.45. The molecule has 22 heavy (non-hydrogen) atoms. The fraction of sp³-hybridized carbons (Fsp3) is 0.400. The number of thiophene rings is 1. The van der Waals surface area contributed by atoms with Crippen LogP contribution in [0.15, 0.2) is 23.7 Å². The summed E-state index contributed by atoms with van der Waals surface area (Å²) in [5.41, 5.74) is 2.33. The molecule has 0 spiro atoms. The molecule has 0 amide bonds. The normalized spacial score (nSPS) is 17.6. The number of H-pyrrole nitrogens is 1. The fourth-order valence-corrected chi connectivity index (χ4v) is 3.69. The molecular formula is C15H18N6S. The van der Waals surface area contributed by atoms with Crippen LogP contribution in [-0.4, -0.2) is 31.0 Å².